The molecule has 3 N–H and O–H groups in total. The van der Waals surface area contributed by atoms with E-state index in [9.17, 15) is 27.5 Å². The number of aliphatic hydroxyl groups excluding tert-OH is 1. The van der Waals surface area contributed by atoms with Crippen LogP contribution in [0.2, 0.25) is 0 Å². The number of aliphatic hydroxyl groups is 1. The number of aromatic amines is 1. The van der Waals surface area contributed by atoms with Crippen molar-refractivity contribution in [1.82, 2.24) is 20.6 Å². The lowest BCUT2D eigenvalue weighted by Crippen LogP contribution is -2.31. The van der Waals surface area contributed by atoms with Crippen LogP contribution in [-0.2, 0) is 12.7 Å². The number of halogens is 4. The molecule has 41 heavy (non-hydrogen) atoms. The number of aromatic nitrogens is 4. The zero-order valence-corrected chi connectivity index (χ0v) is 21.9. The van der Waals surface area contributed by atoms with Gasteiger partial charge in [-0.15, -0.1) is 5.10 Å². The average Bonchev–Trinajstić information content (AvgIpc) is 3.49. The summed E-state index contributed by atoms with van der Waals surface area (Å²) in [6, 6.07) is 15.9. The second kappa shape index (κ2) is 12.0. The van der Waals surface area contributed by atoms with Crippen molar-refractivity contribution in [3.05, 3.63) is 100 Å². The van der Waals surface area contributed by atoms with Gasteiger partial charge in [0.25, 0.3) is 11.9 Å². The van der Waals surface area contributed by atoms with Crippen LogP contribution in [0, 0.1) is 5.82 Å². The molecular formula is C29H28F4N6O2. The van der Waals surface area contributed by atoms with E-state index in [4.69, 9.17) is 0 Å². The van der Waals surface area contributed by atoms with Gasteiger partial charge in [0.15, 0.2) is 6.23 Å². The smallest absolute Gasteiger partial charge is 0.369 e. The molecule has 0 bridgehead atoms. The molecule has 4 aromatic rings. The summed E-state index contributed by atoms with van der Waals surface area (Å²) in [7, 11) is 0. The van der Waals surface area contributed by atoms with E-state index in [0.29, 0.717) is 34.9 Å². The second-order valence-corrected chi connectivity index (χ2v) is 10.1. The van der Waals surface area contributed by atoms with Gasteiger partial charge in [0.05, 0.1) is 12.1 Å². The van der Waals surface area contributed by atoms with Crippen LogP contribution >= 0.6 is 0 Å². The van der Waals surface area contributed by atoms with E-state index in [2.05, 4.69) is 25.9 Å². The topological polar surface area (TPSA) is 107 Å². The summed E-state index contributed by atoms with van der Waals surface area (Å²) in [4.78, 5) is 15.0. The molecule has 1 atom stereocenters. The SMILES string of the molecule is O=C(c1cc(F)cc(C(F)(F)F)c1)N(Cc1ccc([C@H](O)Nc2nn[nH]n2)cc1)c1ccc(C2CCCCC2)cc1. The van der Waals surface area contributed by atoms with Gasteiger partial charge >= 0.3 is 6.18 Å². The maximum Gasteiger partial charge on any atom is 0.416 e. The number of benzene rings is 3. The minimum absolute atomic E-state index is 0.00583. The number of nitrogens with one attached hydrogen (secondary N) is 2. The molecule has 214 valence electrons. The molecule has 1 aliphatic rings. The van der Waals surface area contributed by atoms with E-state index in [-0.39, 0.29) is 12.5 Å². The molecular weight excluding hydrogens is 540 g/mol. The number of H-pyrrole nitrogens is 1. The number of alkyl halides is 3. The lowest BCUT2D eigenvalue weighted by atomic mass is 9.84. The van der Waals surface area contributed by atoms with Crippen LogP contribution in [0.3, 0.4) is 0 Å². The number of nitrogens with zero attached hydrogens (tertiary/aromatic N) is 4. The predicted molar refractivity (Wildman–Crippen MR) is 143 cm³/mol. The minimum atomic E-state index is -4.81. The molecule has 0 unspecified atom stereocenters. The van der Waals surface area contributed by atoms with Gasteiger partial charge in [0.2, 0.25) is 0 Å². The maximum atomic E-state index is 14.2. The highest BCUT2D eigenvalue weighted by atomic mass is 19.4. The Labute approximate surface area is 233 Å². The summed E-state index contributed by atoms with van der Waals surface area (Å²) < 4.78 is 54.4. The summed E-state index contributed by atoms with van der Waals surface area (Å²) in [5, 5.41) is 26.2. The first kappa shape index (κ1) is 28.2. The van der Waals surface area contributed by atoms with Gasteiger partial charge in [0, 0.05) is 16.8 Å². The van der Waals surface area contributed by atoms with Crippen molar-refractivity contribution >= 4 is 17.5 Å². The van der Waals surface area contributed by atoms with E-state index in [0.717, 1.165) is 37.3 Å². The molecule has 1 amide bonds. The van der Waals surface area contributed by atoms with Crippen LogP contribution in [0.5, 0.6) is 0 Å². The van der Waals surface area contributed by atoms with Crippen LogP contribution in [0.4, 0.5) is 29.2 Å². The lowest BCUT2D eigenvalue weighted by molar-refractivity contribution is -0.137. The van der Waals surface area contributed by atoms with Gasteiger partial charge in [-0.1, -0.05) is 60.8 Å². The first-order valence-corrected chi connectivity index (χ1v) is 13.2. The van der Waals surface area contributed by atoms with Crippen molar-refractivity contribution in [2.45, 2.75) is 57.0 Å². The quantitative estimate of drug-likeness (QED) is 0.169. The van der Waals surface area contributed by atoms with Crippen molar-refractivity contribution in [3.8, 4) is 0 Å². The standard InChI is InChI=1S/C29H28F4N6O2/c30-24-15-22(14-23(16-24)29(31,32)33)27(41)39(25-12-10-20(11-13-25)19-4-2-1-3-5-19)17-18-6-8-21(9-7-18)26(40)34-28-35-37-38-36-28/h6-16,19,26,40H,1-5,17H2,(H2,34,35,36,37,38)/t26-/m0/s1. The van der Waals surface area contributed by atoms with E-state index in [1.165, 1.54) is 11.3 Å². The van der Waals surface area contributed by atoms with Crippen molar-refractivity contribution < 1.29 is 27.5 Å². The number of carbonyl (C=O) groups is 1. The Morgan fingerprint density at radius 2 is 1.73 bits per heavy atom. The second-order valence-electron chi connectivity index (χ2n) is 10.1. The van der Waals surface area contributed by atoms with Gasteiger partial charge in [-0.25, -0.2) is 4.39 Å². The predicted octanol–water partition coefficient (Wildman–Crippen LogP) is 6.36. The maximum absolute atomic E-state index is 14.2. The number of anilines is 2. The Balaban J connectivity index is 1.43. The third kappa shape index (κ3) is 6.88. The van der Waals surface area contributed by atoms with Gasteiger partial charge in [-0.05, 0) is 65.4 Å². The van der Waals surface area contributed by atoms with E-state index < -0.39 is 35.3 Å². The van der Waals surface area contributed by atoms with E-state index in [1.807, 2.05) is 12.1 Å². The first-order valence-electron chi connectivity index (χ1n) is 13.2. The largest absolute Gasteiger partial charge is 0.416 e. The van der Waals surface area contributed by atoms with E-state index in [1.54, 1.807) is 36.4 Å². The Morgan fingerprint density at radius 1 is 1.02 bits per heavy atom. The van der Waals surface area contributed by atoms with Crippen LogP contribution in [0.25, 0.3) is 0 Å². The molecule has 1 aromatic heterocycles. The van der Waals surface area contributed by atoms with Crippen molar-refractivity contribution in [3.63, 3.8) is 0 Å². The fraction of sp³-hybridized carbons (Fsp3) is 0.310. The number of amides is 1. The molecule has 0 radical (unpaired) electrons. The highest BCUT2D eigenvalue weighted by molar-refractivity contribution is 6.06. The number of tetrazole rings is 1. The zero-order valence-electron chi connectivity index (χ0n) is 21.9. The molecule has 1 heterocycles. The third-order valence-electron chi connectivity index (χ3n) is 7.25. The third-order valence-corrected chi connectivity index (χ3v) is 7.25. The van der Waals surface area contributed by atoms with Gasteiger partial charge < -0.3 is 15.3 Å². The monoisotopic (exact) mass is 568 g/mol. The van der Waals surface area contributed by atoms with Crippen LogP contribution < -0.4 is 10.2 Å². The van der Waals surface area contributed by atoms with Crippen LogP contribution in [-0.4, -0.2) is 31.6 Å². The molecule has 12 heteroatoms. The number of hydrogen-bond acceptors (Lipinski definition) is 6. The highest BCUT2D eigenvalue weighted by Gasteiger charge is 2.33. The molecule has 1 saturated carbocycles. The number of rotatable bonds is 8. The van der Waals surface area contributed by atoms with Gasteiger partial charge in [0.1, 0.15) is 5.82 Å². The molecule has 5 rings (SSSR count). The zero-order chi connectivity index (χ0) is 29.0. The Bertz CT molecular complexity index is 1450. The summed E-state index contributed by atoms with van der Waals surface area (Å²) in [6.07, 6.45) is -0.236. The summed E-state index contributed by atoms with van der Waals surface area (Å²) in [6.45, 7) is -0.00583. The van der Waals surface area contributed by atoms with Crippen LogP contribution in [0.1, 0.15) is 76.9 Å². The number of hydrogen-bond donors (Lipinski definition) is 3. The molecule has 0 saturated heterocycles. The Kier molecular flexibility index (Phi) is 8.29. The molecule has 1 aliphatic carbocycles. The number of carbonyl (C=O) groups excluding carboxylic acids is 1. The fourth-order valence-electron chi connectivity index (χ4n) is 5.09. The van der Waals surface area contributed by atoms with Gasteiger partial charge in [-0.3, -0.25) is 4.79 Å². The molecule has 8 nitrogen and oxygen atoms in total. The molecule has 0 spiro atoms. The fourth-order valence-corrected chi connectivity index (χ4v) is 5.09. The Hall–Kier alpha value is -4.32. The lowest BCUT2D eigenvalue weighted by Gasteiger charge is -2.26. The minimum Gasteiger partial charge on any atom is -0.369 e. The van der Waals surface area contributed by atoms with Crippen molar-refractivity contribution in [2.24, 2.45) is 0 Å². The molecule has 3 aromatic carbocycles. The van der Waals surface area contributed by atoms with Gasteiger partial charge in [-0.2, -0.15) is 18.4 Å². The van der Waals surface area contributed by atoms with Crippen molar-refractivity contribution in [2.75, 3.05) is 10.2 Å². The summed E-state index contributed by atoms with van der Waals surface area (Å²) in [5.74, 6) is -1.39. The Morgan fingerprint density at radius 3 is 2.37 bits per heavy atom. The van der Waals surface area contributed by atoms with E-state index >= 15 is 0 Å². The average molecular weight is 569 g/mol. The normalized spacial score (nSPS) is 15.0. The van der Waals surface area contributed by atoms with Crippen LogP contribution in [0.15, 0.2) is 66.7 Å². The molecule has 0 aliphatic heterocycles. The highest BCUT2D eigenvalue weighted by Crippen LogP contribution is 2.35. The summed E-state index contributed by atoms with van der Waals surface area (Å²) in [5.41, 5.74) is 1.09. The summed E-state index contributed by atoms with van der Waals surface area (Å²) >= 11 is 0. The first-order chi connectivity index (χ1) is 19.7. The molecule has 1 fully saturated rings. The van der Waals surface area contributed by atoms with Crippen molar-refractivity contribution in [1.29, 1.82) is 0 Å².